The topological polar surface area (TPSA) is 29.1 Å². The van der Waals surface area contributed by atoms with Gasteiger partial charge in [0.1, 0.15) is 0 Å². The lowest BCUT2D eigenvalue weighted by atomic mass is 10.1. The molecule has 0 spiro atoms. The highest BCUT2D eigenvalue weighted by molar-refractivity contribution is 7.12. The number of carbonyl (C=O) groups is 1. The highest BCUT2D eigenvalue weighted by Gasteiger charge is 2.04. The summed E-state index contributed by atoms with van der Waals surface area (Å²) < 4.78 is 0. The molecule has 3 heteroatoms. The monoisotopic (exact) mass is 230 g/mol. The number of benzene rings is 1. The van der Waals surface area contributed by atoms with Crippen molar-refractivity contribution in [3.8, 4) is 0 Å². The second kappa shape index (κ2) is 5.47. The smallest absolute Gasteiger partial charge is 0.261 e. The van der Waals surface area contributed by atoms with Crippen molar-refractivity contribution in [2.75, 3.05) is 6.54 Å². The summed E-state index contributed by atoms with van der Waals surface area (Å²) in [5.74, 6) is 0.0116. The predicted molar refractivity (Wildman–Crippen MR) is 65.6 cm³/mol. The van der Waals surface area contributed by atoms with Gasteiger partial charge in [-0.25, -0.2) is 0 Å². The number of rotatable bonds is 4. The van der Waals surface area contributed by atoms with Crippen LogP contribution in [0.1, 0.15) is 15.2 Å². The number of nitrogens with one attached hydrogen (secondary N) is 1. The van der Waals surface area contributed by atoms with Crippen LogP contribution in [0.5, 0.6) is 0 Å². The number of amides is 1. The Balaban J connectivity index is 1.79. The molecule has 0 bridgehead atoms. The zero-order chi connectivity index (χ0) is 11.2. The number of carbonyl (C=O) groups excluding carboxylic acids is 1. The molecule has 2 rings (SSSR count). The zero-order valence-electron chi connectivity index (χ0n) is 8.77. The minimum Gasteiger partial charge on any atom is -0.351 e. The van der Waals surface area contributed by atoms with E-state index in [0.717, 1.165) is 11.3 Å². The van der Waals surface area contributed by atoms with Crippen LogP contribution in [0.25, 0.3) is 0 Å². The van der Waals surface area contributed by atoms with Gasteiger partial charge in [0.2, 0.25) is 0 Å². The van der Waals surface area contributed by atoms with Crippen LogP contribution in [0.3, 0.4) is 0 Å². The van der Waals surface area contributed by atoms with Crippen LogP contribution in [0.15, 0.2) is 41.8 Å². The van der Waals surface area contributed by atoms with Crippen molar-refractivity contribution >= 4 is 17.2 Å². The number of hydrogen-bond donors (Lipinski definition) is 1. The Morgan fingerprint density at radius 2 is 2.12 bits per heavy atom. The molecule has 1 heterocycles. The number of hydrogen-bond acceptors (Lipinski definition) is 2. The van der Waals surface area contributed by atoms with Gasteiger partial charge in [0.15, 0.2) is 0 Å². The summed E-state index contributed by atoms with van der Waals surface area (Å²) in [7, 11) is 0. The molecule has 0 saturated heterocycles. The SMILES string of the molecule is O=C(NCCc1cc[c]cc1)c1cccs1. The van der Waals surface area contributed by atoms with Crippen LogP contribution in [-0.2, 0) is 6.42 Å². The summed E-state index contributed by atoms with van der Waals surface area (Å²) in [6, 6.07) is 14.5. The van der Waals surface area contributed by atoms with E-state index in [9.17, 15) is 4.79 Å². The van der Waals surface area contributed by atoms with Crippen molar-refractivity contribution in [3.05, 3.63) is 58.3 Å². The van der Waals surface area contributed by atoms with E-state index in [2.05, 4.69) is 11.4 Å². The molecule has 1 aromatic heterocycles. The van der Waals surface area contributed by atoms with Gasteiger partial charge < -0.3 is 5.32 Å². The lowest BCUT2D eigenvalue weighted by molar-refractivity contribution is 0.0958. The molecule has 1 radical (unpaired) electrons. The molecule has 0 aliphatic carbocycles. The lowest BCUT2D eigenvalue weighted by Crippen LogP contribution is -2.24. The minimum atomic E-state index is 0.0116. The van der Waals surface area contributed by atoms with Crippen LogP contribution < -0.4 is 5.32 Å². The Labute approximate surface area is 98.9 Å². The Morgan fingerprint density at radius 1 is 1.31 bits per heavy atom. The van der Waals surface area contributed by atoms with E-state index in [1.54, 1.807) is 0 Å². The van der Waals surface area contributed by atoms with Crippen molar-refractivity contribution in [3.63, 3.8) is 0 Å². The first-order valence-electron chi connectivity index (χ1n) is 5.13. The highest BCUT2D eigenvalue weighted by Crippen LogP contribution is 2.07. The van der Waals surface area contributed by atoms with E-state index in [1.807, 2.05) is 41.8 Å². The third-order valence-electron chi connectivity index (χ3n) is 2.23. The molecule has 2 nitrogen and oxygen atoms in total. The van der Waals surface area contributed by atoms with Crippen molar-refractivity contribution in [2.24, 2.45) is 0 Å². The molecular formula is C13H12NOS. The molecule has 0 aliphatic heterocycles. The summed E-state index contributed by atoms with van der Waals surface area (Å²) >= 11 is 1.46. The maximum Gasteiger partial charge on any atom is 0.261 e. The van der Waals surface area contributed by atoms with Gasteiger partial charge >= 0.3 is 0 Å². The molecule has 0 unspecified atom stereocenters. The molecule has 1 aromatic carbocycles. The fourth-order valence-electron chi connectivity index (χ4n) is 1.40. The molecule has 16 heavy (non-hydrogen) atoms. The highest BCUT2D eigenvalue weighted by atomic mass is 32.1. The molecule has 2 aromatic rings. The Bertz CT molecular complexity index is 436. The Morgan fingerprint density at radius 3 is 2.81 bits per heavy atom. The number of thiophene rings is 1. The second-order valence-corrected chi connectivity index (χ2v) is 4.34. The van der Waals surface area contributed by atoms with Crippen LogP contribution in [0.2, 0.25) is 0 Å². The van der Waals surface area contributed by atoms with Crippen LogP contribution >= 0.6 is 11.3 Å². The van der Waals surface area contributed by atoms with Crippen molar-refractivity contribution in [2.45, 2.75) is 6.42 Å². The van der Waals surface area contributed by atoms with E-state index in [-0.39, 0.29) is 5.91 Å². The van der Waals surface area contributed by atoms with Gasteiger partial charge in [0.25, 0.3) is 5.91 Å². The van der Waals surface area contributed by atoms with Gasteiger partial charge in [-0.2, -0.15) is 0 Å². The lowest BCUT2D eigenvalue weighted by Gasteiger charge is -2.03. The Hall–Kier alpha value is -1.61. The largest absolute Gasteiger partial charge is 0.351 e. The third kappa shape index (κ3) is 2.94. The van der Waals surface area contributed by atoms with E-state index in [4.69, 9.17) is 0 Å². The van der Waals surface area contributed by atoms with Gasteiger partial charge in [-0.15, -0.1) is 11.3 Å². The van der Waals surface area contributed by atoms with E-state index in [0.29, 0.717) is 6.54 Å². The van der Waals surface area contributed by atoms with Crippen LogP contribution in [0.4, 0.5) is 0 Å². The minimum absolute atomic E-state index is 0.0116. The summed E-state index contributed by atoms with van der Waals surface area (Å²) in [6.45, 7) is 0.667. The molecular weight excluding hydrogens is 218 g/mol. The summed E-state index contributed by atoms with van der Waals surface area (Å²) in [5, 5.41) is 4.80. The van der Waals surface area contributed by atoms with E-state index < -0.39 is 0 Å². The molecule has 81 valence electrons. The van der Waals surface area contributed by atoms with Crippen LogP contribution in [0, 0.1) is 6.07 Å². The quantitative estimate of drug-likeness (QED) is 0.859. The van der Waals surface area contributed by atoms with Crippen molar-refractivity contribution in [1.82, 2.24) is 5.32 Å². The first-order chi connectivity index (χ1) is 7.86. The van der Waals surface area contributed by atoms with Gasteiger partial charge in [-0.05, 0) is 29.5 Å². The normalized spacial score (nSPS) is 10.0. The average molecular weight is 230 g/mol. The Kier molecular flexibility index (Phi) is 3.72. The maximum atomic E-state index is 11.6. The van der Waals surface area contributed by atoms with Gasteiger partial charge in [-0.3, -0.25) is 4.79 Å². The van der Waals surface area contributed by atoms with E-state index >= 15 is 0 Å². The summed E-state index contributed by atoms with van der Waals surface area (Å²) in [4.78, 5) is 12.4. The van der Waals surface area contributed by atoms with Gasteiger partial charge in [0.05, 0.1) is 4.88 Å². The van der Waals surface area contributed by atoms with Crippen molar-refractivity contribution < 1.29 is 4.79 Å². The second-order valence-electron chi connectivity index (χ2n) is 3.39. The molecule has 1 amide bonds. The van der Waals surface area contributed by atoms with Gasteiger partial charge in [0, 0.05) is 6.54 Å². The molecule has 0 fully saturated rings. The zero-order valence-corrected chi connectivity index (χ0v) is 9.59. The van der Waals surface area contributed by atoms with Gasteiger partial charge in [-0.1, -0.05) is 30.3 Å². The molecule has 0 atom stereocenters. The summed E-state index contributed by atoms with van der Waals surface area (Å²) in [5.41, 5.74) is 1.21. The van der Waals surface area contributed by atoms with E-state index in [1.165, 1.54) is 16.9 Å². The summed E-state index contributed by atoms with van der Waals surface area (Å²) in [6.07, 6.45) is 0.853. The fraction of sp³-hybridized carbons (Fsp3) is 0.154. The fourth-order valence-corrected chi connectivity index (χ4v) is 2.04. The predicted octanol–water partition coefficient (Wildman–Crippen LogP) is 2.52. The maximum absolute atomic E-state index is 11.6. The molecule has 0 saturated carbocycles. The van der Waals surface area contributed by atoms with Crippen LogP contribution in [-0.4, -0.2) is 12.5 Å². The molecule has 1 N–H and O–H groups in total. The first-order valence-corrected chi connectivity index (χ1v) is 6.01. The third-order valence-corrected chi connectivity index (χ3v) is 3.10. The van der Waals surface area contributed by atoms with Crippen molar-refractivity contribution in [1.29, 1.82) is 0 Å². The standard InChI is InChI=1S/C13H12NOS/c15-13(12-7-4-10-16-12)14-9-8-11-5-2-1-3-6-11/h2-7,10H,8-9H2,(H,14,15). The molecule has 0 aliphatic rings. The average Bonchev–Trinajstić information content (AvgIpc) is 2.84. The first kappa shape index (κ1) is 10.9.